The molecule has 1 N–H and O–H groups in total. The number of nitrogens with zero attached hydrogens (tertiary/aromatic N) is 5. The number of ketones is 1. The zero-order valence-electron chi connectivity index (χ0n) is 22.3. The van der Waals surface area contributed by atoms with Crippen molar-refractivity contribution in [3.05, 3.63) is 107 Å². The number of thiazole rings is 1. The van der Waals surface area contributed by atoms with E-state index >= 15 is 0 Å². The van der Waals surface area contributed by atoms with Gasteiger partial charge in [0.05, 0.1) is 22.2 Å². The van der Waals surface area contributed by atoms with E-state index < -0.39 is 23.5 Å². The summed E-state index contributed by atoms with van der Waals surface area (Å²) in [6, 6.07) is 20.1. The second kappa shape index (κ2) is 10.7. The second-order valence-electron chi connectivity index (χ2n) is 10.1. The molecule has 1 unspecified atom stereocenters. The predicted molar refractivity (Wildman–Crippen MR) is 157 cm³/mol. The van der Waals surface area contributed by atoms with Gasteiger partial charge in [-0.25, -0.2) is 4.98 Å². The molecule has 0 aliphatic carbocycles. The molecule has 2 aromatic heterocycles. The number of aliphatic hydroxyl groups is 1. The molecule has 0 radical (unpaired) electrons. The van der Waals surface area contributed by atoms with Crippen molar-refractivity contribution < 1.29 is 14.7 Å². The lowest BCUT2D eigenvalue weighted by atomic mass is 9.96. The molecule has 0 spiro atoms. The summed E-state index contributed by atoms with van der Waals surface area (Å²) in [7, 11) is 2.12. The molecule has 2 aromatic carbocycles. The zero-order chi connectivity index (χ0) is 27.8. The molecule has 0 bridgehead atoms. The lowest BCUT2D eigenvalue weighted by Gasteiger charge is -2.34. The number of anilines is 2. The number of rotatable bonds is 6. The molecular weight excluding hydrogens is 522 g/mol. The molecule has 0 saturated carbocycles. The van der Waals surface area contributed by atoms with Gasteiger partial charge in [0.2, 0.25) is 5.78 Å². The third-order valence-electron chi connectivity index (χ3n) is 7.47. The van der Waals surface area contributed by atoms with Crippen LogP contribution in [0.25, 0.3) is 10.6 Å². The van der Waals surface area contributed by atoms with Crippen LogP contribution in [0, 0.1) is 6.92 Å². The summed E-state index contributed by atoms with van der Waals surface area (Å²) in [5.41, 5.74) is 3.80. The summed E-state index contributed by atoms with van der Waals surface area (Å²) in [4.78, 5) is 43.0. The maximum Gasteiger partial charge on any atom is 0.294 e. The normalized spacial score (nSPS) is 18.1. The van der Waals surface area contributed by atoms with E-state index in [0.717, 1.165) is 37.4 Å². The van der Waals surface area contributed by atoms with Crippen LogP contribution in [0.3, 0.4) is 0 Å². The molecule has 1 atom stereocenters. The van der Waals surface area contributed by atoms with Gasteiger partial charge in [0, 0.05) is 55.5 Å². The molecule has 8 nitrogen and oxygen atoms in total. The fourth-order valence-corrected chi connectivity index (χ4v) is 6.30. The van der Waals surface area contributed by atoms with Crippen molar-refractivity contribution in [3.63, 3.8) is 0 Å². The first kappa shape index (κ1) is 25.9. The fourth-order valence-electron chi connectivity index (χ4n) is 5.28. The van der Waals surface area contributed by atoms with Crippen LogP contribution in [-0.2, 0) is 4.79 Å². The van der Waals surface area contributed by atoms with E-state index in [1.807, 2.05) is 60.7 Å². The lowest BCUT2D eigenvalue weighted by molar-refractivity contribution is -0.117. The van der Waals surface area contributed by atoms with Crippen LogP contribution in [0.4, 0.5) is 11.4 Å². The van der Waals surface area contributed by atoms with Gasteiger partial charge in [-0.15, -0.1) is 11.3 Å². The Morgan fingerprint density at radius 1 is 0.950 bits per heavy atom. The number of hydrogen-bond acceptors (Lipinski definition) is 8. The number of likely N-dealkylation sites (N-methyl/N-ethyl adjacent to an activating group) is 1. The largest absolute Gasteiger partial charge is 0.503 e. The average Bonchev–Trinajstić information content (AvgIpc) is 3.51. The summed E-state index contributed by atoms with van der Waals surface area (Å²) in [5.74, 6) is -1.57. The molecule has 4 heterocycles. The summed E-state index contributed by atoms with van der Waals surface area (Å²) >= 11 is 1.26. The molecular formula is C31H29N5O3S. The minimum absolute atomic E-state index is 0.0347. The highest BCUT2D eigenvalue weighted by atomic mass is 32.1. The first-order valence-electron chi connectivity index (χ1n) is 13.2. The molecule has 40 heavy (non-hydrogen) atoms. The smallest absolute Gasteiger partial charge is 0.294 e. The van der Waals surface area contributed by atoms with E-state index in [9.17, 15) is 14.7 Å². The van der Waals surface area contributed by atoms with Gasteiger partial charge in [0.25, 0.3) is 5.91 Å². The van der Waals surface area contributed by atoms with Crippen molar-refractivity contribution in [2.75, 3.05) is 43.0 Å². The van der Waals surface area contributed by atoms with Crippen LogP contribution < -0.4 is 9.80 Å². The van der Waals surface area contributed by atoms with Gasteiger partial charge in [-0.1, -0.05) is 36.4 Å². The zero-order valence-corrected chi connectivity index (χ0v) is 23.1. The maximum absolute atomic E-state index is 14.1. The number of benzene rings is 2. The molecule has 1 fully saturated rings. The molecule has 9 heteroatoms. The maximum atomic E-state index is 14.1. The highest BCUT2D eigenvalue weighted by Gasteiger charge is 2.45. The number of piperazine rings is 1. The van der Waals surface area contributed by atoms with Crippen molar-refractivity contribution in [1.29, 1.82) is 0 Å². The van der Waals surface area contributed by atoms with Gasteiger partial charge in [-0.3, -0.25) is 19.5 Å². The van der Waals surface area contributed by atoms with Gasteiger partial charge in [0.15, 0.2) is 5.76 Å². The molecule has 1 amide bonds. The van der Waals surface area contributed by atoms with Crippen LogP contribution in [0.1, 0.15) is 27.0 Å². The summed E-state index contributed by atoms with van der Waals surface area (Å²) in [5, 5.41) is 11.9. The molecule has 1 saturated heterocycles. The van der Waals surface area contributed by atoms with E-state index in [0.29, 0.717) is 26.8 Å². The van der Waals surface area contributed by atoms with Gasteiger partial charge < -0.3 is 14.9 Å². The van der Waals surface area contributed by atoms with Crippen molar-refractivity contribution in [1.82, 2.24) is 14.9 Å². The van der Waals surface area contributed by atoms with Crippen LogP contribution in [-0.4, -0.2) is 64.9 Å². The number of amides is 1. The average molecular weight is 552 g/mol. The summed E-state index contributed by atoms with van der Waals surface area (Å²) < 4.78 is 0. The van der Waals surface area contributed by atoms with Gasteiger partial charge >= 0.3 is 0 Å². The molecule has 2 aliphatic heterocycles. The number of aryl methyl sites for hydroxylation is 1. The first-order chi connectivity index (χ1) is 19.4. The van der Waals surface area contributed by atoms with Gasteiger partial charge in [-0.2, -0.15) is 0 Å². The topological polar surface area (TPSA) is 89.9 Å². The van der Waals surface area contributed by atoms with Crippen LogP contribution in [0.15, 0.2) is 90.5 Å². The third kappa shape index (κ3) is 4.67. The Morgan fingerprint density at radius 2 is 1.65 bits per heavy atom. The van der Waals surface area contributed by atoms with E-state index in [4.69, 9.17) is 0 Å². The molecule has 202 valence electrons. The van der Waals surface area contributed by atoms with E-state index in [1.165, 1.54) is 16.2 Å². The Kier molecular flexibility index (Phi) is 6.91. The standard InChI is InChI=1S/C31H29N5O3S/c1-20-29(40-30(33-20)21-7-4-3-5-8-21)27(37)25-26(22-9-6-14-32-19-22)36(31(39)28(25)38)24-12-10-23(11-13-24)35-17-15-34(2)16-18-35/h3-14,19,26,38H,15-18H2,1-2H3. The molecule has 6 rings (SSSR count). The number of aromatic nitrogens is 2. The number of aliphatic hydroxyl groups excluding tert-OH is 1. The number of Topliss-reactive ketones (excluding diaryl/α,β-unsaturated/α-hetero) is 1. The number of hydrogen-bond donors (Lipinski definition) is 1. The highest BCUT2D eigenvalue weighted by molar-refractivity contribution is 7.17. The quantitative estimate of drug-likeness (QED) is 0.336. The molecule has 4 aromatic rings. The van der Waals surface area contributed by atoms with Crippen molar-refractivity contribution >= 4 is 34.4 Å². The monoisotopic (exact) mass is 551 g/mol. The molecule has 2 aliphatic rings. The number of carbonyl (C=O) groups excluding carboxylic acids is 2. The highest BCUT2D eigenvalue weighted by Crippen LogP contribution is 2.43. The van der Waals surface area contributed by atoms with E-state index in [1.54, 1.807) is 25.4 Å². The summed E-state index contributed by atoms with van der Waals surface area (Å²) in [6.45, 7) is 5.61. The lowest BCUT2D eigenvalue weighted by Crippen LogP contribution is -2.44. The van der Waals surface area contributed by atoms with Crippen LogP contribution in [0.5, 0.6) is 0 Å². The Hall–Kier alpha value is -4.34. The first-order valence-corrected chi connectivity index (χ1v) is 14.0. The van der Waals surface area contributed by atoms with E-state index in [2.05, 4.69) is 26.8 Å². The number of carbonyl (C=O) groups is 2. The Bertz CT molecular complexity index is 1580. The van der Waals surface area contributed by atoms with Crippen LogP contribution in [0.2, 0.25) is 0 Å². The fraction of sp³-hybridized carbons (Fsp3) is 0.226. The van der Waals surface area contributed by atoms with Gasteiger partial charge in [-0.05, 0) is 49.9 Å². The Balaban J connectivity index is 1.37. The van der Waals surface area contributed by atoms with Crippen molar-refractivity contribution in [2.24, 2.45) is 0 Å². The Labute approximate surface area is 236 Å². The van der Waals surface area contributed by atoms with E-state index in [-0.39, 0.29) is 5.57 Å². The second-order valence-corrected chi connectivity index (χ2v) is 11.1. The SMILES string of the molecule is Cc1nc(-c2ccccc2)sc1C(=O)C1=C(O)C(=O)N(c2ccc(N3CCN(C)CC3)cc2)C1c1cccnc1. The van der Waals surface area contributed by atoms with Crippen LogP contribution >= 0.6 is 11.3 Å². The predicted octanol–water partition coefficient (Wildman–Crippen LogP) is 5.05. The van der Waals surface area contributed by atoms with Crippen molar-refractivity contribution in [3.8, 4) is 10.6 Å². The minimum Gasteiger partial charge on any atom is -0.503 e. The minimum atomic E-state index is -0.829. The van der Waals surface area contributed by atoms with Gasteiger partial charge in [0.1, 0.15) is 5.01 Å². The Morgan fingerprint density at radius 3 is 2.33 bits per heavy atom. The van der Waals surface area contributed by atoms with Crippen molar-refractivity contribution in [2.45, 2.75) is 13.0 Å². The number of pyridine rings is 1. The third-order valence-corrected chi connectivity index (χ3v) is 8.68. The summed E-state index contributed by atoms with van der Waals surface area (Å²) in [6.07, 6.45) is 3.27.